The summed E-state index contributed by atoms with van der Waals surface area (Å²) in [6.45, 7) is 13.0. The van der Waals surface area contributed by atoms with Crippen molar-refractivity contribution in [3.8, 4) is 11.5 Å². The first-order valence-corrected chi connectivity index (χ1v) is 19.9. The summed E-state index contributed by atoms with van der Waals surface area (Å²) >= 11 is 0. The first-order chi connectivity index (χ1) is 27.9. The maximum absolute atomic E-state index is 12.1. The molecule has 6 nitrogen and oxygen atoms in total. The van der Waals surface area contributed by atoms with Crippen LogP contribution in [0.1, 0.15) is 121 Å². The SMILES string of the molecule is CC(C)(C)c1cc2c(O)c(c1)C=N[C@@H](c1ccccc1)[C@H](c1ccccc1)N=Cc1cc(C(C)(C)C)cc(c1O)C=N[C@@H](c1ccccc1)[C@H](c1ccccc1)N=C2. The summed E-state index contributed by atoms with van der Waals surface area (Å²) in [7, 11) is 0. The number of nitrogens with zero attached hydrogens (tertiary/aromatic N) is 4. The molecule has 0 unspecified atom stereocenters. The second-order valence-electron chi connectivity index (χ2n) is 17.0. The van der Waals surface area contributed by atoms with Crippen LogP contribution in [0.3, 0.4) is 0 Å². The third kappa shape index (κ3) is 9.08. The number of aromatic hydroxyl groups is 2. The van der Waals surface area contributed by atoms with E-state index >= 15 is 0 Å². The van der Waals surface area contributed by atoms with Gasteiger partial charge >= 0.3 is 0 Å². The quantitative estimate of drug-likeness (QED) is 0.187. The molecule has 0 amide bonds. The molecule has 0 aromatic heterocycles. The van der Waals surface area contributed by atoms with Gasteiger partial charge in [-0.1, -0.05) is 163 Å². The smallest absolute Gasteiger partial charge is 0.133 e. The lowest BCUT2D eigenvalue weighted by Gasteiger charge is -2.25. The topological polar surface area (TPSA) is 89.9 Å². The summed E-state index contributed by atoms with van der Waals surface area (Å²) in [4.78, 5) is 21.1. The fourth-order valence-electron chi connectivity index (χ4n) is 7.26. The maximum atomic E-state index is 12.1. The molecular formula is C52H52N4O2. The molecule has 0 saturated heterocycles. The van der Waals surface area contributed by atoms with Gasteiger partial charge in [-0.2, -0.15) is 0 Å². The Morgan fingerprint density at radius 1 is 0.345 bits per heavy atom. The Hall–Kier alpha value is -6.40. The molecular weight excluding hydrogens is 713 g/mol. The molecule has 0 radical (unpaired) electrons. The fourth-order valence-corrected chi connectivity index (χ4v) is 7.26. The predicted molar refractivity (Wildman–Crippen MR) is 241 cm³/mol. The molecule has 0 aliphatic carbocycles. The third-order valence-electron chi connectivity index (χ3n) is 10.7. The standard InChI is InChI=1S/C52H52N4O2/c1-51(2,3)43-27-39-31-53-45(35-19-11-7-12-20-35)47(37-23-15-9-16-24-37)55-33-41-29-44(52(4,5)6)30-42(50(41)58)34-56-48(38-25-17-10-18-26-38)46(36-21-13-8-14-22-36)54-32-40(28-43)49(39)57/h7-34,45-48,57-58H,1-6H3/t45-,46-,47-,48-/m0/s1. The predicted octanol–water partition coefficient (Wildman–Crippen LogP) is 12.0. The summed E-state index contributed by atoms with van der Waals surface area (Å²) < 4.78 is 0. The lowest BCUT2D eigenvalue weighted by Crippen LogP contribution is -2.14. The summed E-state index contributed by atoms with van der Waals surface area (Å²) in [6, 6.07) is 46.6. The van der Waals surface area contributed by atoms with Crippen molar-refractivity contribution in [1.29, 1.82) is 0 Å². The number of aliphatic imine (C=N–C) groups is 4. The Balaban J connectivity index is 1.54. The summed E-state index contributed by atoms with van der Waals surface area (Å²) in [5.74, 6) is 0.184. The molecule has 6 aromatic rings. The van der Waals surface area contributed by atoms with Gasteiger partial charge in [0, 0.05) is 47.1 Å². The van der Waals surface area contributed by atoms with Crippen LogP contribution in [0.15, 0.2) is 166 Å². The van der Waals surface area contributed by atoms with Gasteiger partial charge in [0.25, 0.3) is 0 Å². The molecule has 2 N–H and O–H groups in total. The van der Waals surface area contributed by atoms with Crippen LogP contribution < -0.4 is 0 Å². The van der Waals surface area contributed by atoms with Crippen molar-refractivity contribution in [1.82, 2.24) is 0 Å². The van der Waals surface area contributed by atoms with Crippen molar-refractivity contribution in [2.45, 2.75) is 76.5 Å². The molecule has 4 atom stereocenters. The zero-order valence-electron chi connectivity index (χ0n) is 34.2. The van der Waals surface area contributed by atoms with Gasteiger partial charge in [0.2, 0.25) is 0 Å². The molecule has 1 aliphatic rings. The molecule has 0 fully saturated rings. The first-order valence-electron chi connectivity index (χ1n) is 19.9. The largest absolute Gasteiger partial charge is 0.507 e. The molecule has 292 valence electrons. The number of phenols is 2. The minimum Gasteiger partial charge on any atom is -0.507 e. The number of benzene rings is 6. The molecule has 0 spiro atoms. The Bertz CT molecular complexity index is 2120. The Labute approximate surface area is 343 Å². The van der Waals surface area contributed by atoms with Crippen LogP contribution in [0, 0.1) is 0 Å². The zero-order valence-corrected chi connectivity index (χ0v) is 34.2. The molecule has 1 heterocycles. The van der Waals surface area contributed by atoms with Gasteiger partial charge in [-0.05, 0) is 68.5 Å². The number of hydrogen-bond acceptors (Lipinski definition) is 6. The highest BCUT2D eigenvalue weighted by atomic mass is 16.3. The van der Waals surface area contributed by atoms with E-state index in [1.54, 1.807) is 24.9 Å². The summed E-state index contributed by atoms with van der Waals surface area (Å²) in [6.07, 6.45) is 7.09. The lowest BCUT2D eigenvalue weighted by atomic mass is 9.84. The van der Waals surface area contributed by atoms with Gasteiger partial charge in [-0.25, -0.2) is 0 Å². The van der Waals surface area contributed by atoms with Gasteiger partial charge in [-0.15, -0.1) is 0 Å². The van der Waals surface area contributed by atoms with E-state index in [4.69, 9.17) is 20.0 Å². The highest BCUT2D eigenvalue weighted by Crippen LogP contribution is 2.40. The van der Waals surface area contributed by atoms with Crippen LogP contribution in [-0.4, -0.2) is 35.1 Å². The van der Waals surface area contributed by atoms with Crippen LogP contribution in [0.5, 0.6) is 11.5 Å². The van der Waals surface area contributed by atoms with E-state index in [0.29, 0.717) is 22.3 Å². The minimum atomic E-state index is -0.475. The second kappa shape index (κ2) is 17.0. The monoisotopic (exact) mass is 764 g/mol. The number of phenolic OH excluding ortho intramolecular Hbond substituents is 2. The highest BCUT2D eigenvalue weighted by Gasteiger charge is 2.27. The molecule has 6 aromatic carbocycles. The third-order valence-corrected chi connectivity index (χ3v) is 10.7. The molecule has 58 heavy (non-hydrogen) atoms. The van der Waals surface area contributed by atoms with E-state index < -0.39 is 24.2 Å². The molecule has 0 saturated carbocycles. The minimum absolute atomic E-state index is 0.0920. The highest BCUT2D eigenvalue weighted by molar-refractivity contribution is 5.94. The van der Waals surface area contributed by atoms with E-state index in [-0.39, 0.29) is 22.3 Å². The van der Waals surface area contributed by atoms with Crippen LogP contribution in [0.4, 0.5) is 0 Å². The van der Waals surface area contributed by atoms with Gasteiger partial charge in [0.05, 0.1) is 0 Å². The van der Waals surface area contributed by atoms with Crippen molar-refractivity contribution >= 4 is 24.9 Å². The lowest BCUT2D eigenvalue weighted by molar-refractivity contribution is 0.471. The van der Waals surface area contributed by atoms with Crippen LogP contribution >= 0.6 is 0 Å². The van der Waals surface area contributed by atoms with Gasteiger partial charge in [-0.3, -0.25) is 20.0 Å². The van der Waals surface area contributed by atoms with E-state index in [0.717, 1.165) is 33.4 Å². The van der Waals surface area contributed by atoms with Crippen LogP contribution in [0.25, 0.3) is 0 Å². The van der Waals surface area contributed by atoms with Crippen molar-refractivity contribution in [3.05, 3.63) is 201 Å². The molecule has 7 rings (SSSR count). The number of rotatable bonds is 4. The van der Waals surface area contributed by atoms with E-state index in [2.05, 4.69) is 90.1 Å². The first kappa shape index (κ1) is 39.8. The average molecular weight is 765 g/mol. The van der Waals surface area contributed by atoms with Crippen molar-refractivity contribution in [2.75, 3.05) is 0 Å². The second-order valence-corrected chi connectivity index (χ2v) is 17.0. The van der Waals surface area contributed by atoms with E-state index in [1.165, 1.54) is 0 Å². The number of fused-ring (bicyclic) bond motifs is 4. The van der Waals surface area contributed by atoms with Crippen molar-refractivity contribution in [3.63, 3.8) is 0 Å². The normalized spacial score (nSPS) is 18.7. The average Bonchev–Trinajstić information content (AvgIpc) is 3.22. The summed E-state index contributed by atoms with van der Waals surface area (Å²) in [5.41, 5.74) is 7.79. The van der Waals surface area contributed by atoms with Crippen LogP contribution in [0.2, 0.25) is 0 Å². The van der Waals surface area contributed by atoms with Crippen molar-refractivity contribution < 1.29 is 10.2 Å². The van der Waals surface area contributed by atoms with Crippen molar-refractivity contribution in [2.24, 2.45) is 20.0 Å². The Morgan fingerprint density at radius 3 is 0.741 bits per heavy atom. The zero-order chi connectivity index (χ0) is 40.9. The summed E-state index contributed by atoms with van der Waals surface area (Å²) in [5, 5.41) is 24.1. The van der Waals surface area contributed by atoms with E-state index in [9.17, 15) is 10.2 Å². The maximum Gasteiger partial charge on any atom is 0.133 e. The van der Waals surface area contributed by atoms with E-state index in [1.807, 2.05) is 97.1 Å². The van der Waals surface area contributed by atoms with Gasteiger partial charge in [0.15, 0.2) is 0 Å². The number of hydrogen-bond donors (Lipinski definition) is 2. The fraction of sp³-hybridized carbons (Fsp3) is 0.231. The van der Waals surface area contributed by atoms with Gasteiger partial charge in [0.1, 0.15) is 35.7 Å². The van der Waals surface area contributed by atoms with Crippen LogP contribution in [-0.2, 0) is 10.8 Å². The molecule has 6 heteroatoms. The Kier molecular flexibility index (Phi) is 11.7. The Morgan fingerprint density at radius 2 is 0.552 bits per heavy atom. The molecule has 4 bridgehead atoms. The molecule has 1 aliphatic heterocycles. The van der Waals surface area contributed by atoms with Gasteiger partial charge < -0.3 is 10.2 Å².